The van der Waals surface area contributed by atoms with Crippen LogP contribution in [0.4, 0.5) is 5.82 Å². The van der Waals surface area contributed by atoms with Crippen molar-refractivity contribution >= 4 is 24.2 Å². The highest BCUT2D eigenvalue weighted by molar-refractivity contribution is 5.86. The van der Waals surface area contributed by atoms with E-state index in [-0.39, 0.29) is 18.4 Å². The molecule has 0 bridgehead atoms. The van der Waals surface area contributed by atoms with Crippen molar-refractivity contribution in [3.8, 4) is 11.1 Å². The first kappa shape index (κ1) is 14.0. The second-order valence-corrected chi connectivity index (χ2v) is 3.81. The number of halogens is 1. The van der Waals surface area contributed by atoms with E-state index in [1.165, 1.54) is 4.68 Å². The van der Waals surface area contributed by atoms with Gasteiger partial charge in [0.2, 0.25) is 5.96 Å². The fourth-order valence-corrected chi connectivity index (χ4v) is 1.47. The third-order valence-corrected chi connectivity index (χ3v) is 2.42. The van der Waals surface area contributed by atoms with Gasteiger partial charge in [-0.25, -0.2) is 0 Å². The largest absolute Gasteiger partial charge is 0.383 e. The molecule has 0 saturated carbocycles. The molecular formula is C11H15ClN6. The lowest BCUT2D eigenvalue weighted by molar-refractivity contribution is 0.578. The minimum atomic E-state index is 0. The molecule has 0 fully saturated rings. The van der Waals surface area contributed by atoms with Gasteiger partial charge < -0.3 is 10.6 Å². The molecule has 96 valence electrons. The van der Waals surface area contributed by atoms with E-state index < -0.39 is 0 Å². The summed E-state index contributed by atoms with van der Waals surface area (Å²) in [7, 11) is 3.55. The summed E-state index contributed by atoms with van der Waals surface area (Å²) in [4.78, 5) is 5.59. The summed E-state index contributed by atoms with van der Waals surface area (Å²) in [5.41, 5.74) is 7.73. The number of anilines is 1. The number of nitrogens with one attached hydrogen (secondary N) is 1. The van der Waals surface area contributed by atoms with Crippen LogP contribution in [0.5, 0.6) is 0 Å². The first-order chi connectivity index (χ1) is 8.11. The summed E-state index contributed by atoms with van der Waals surface area (Å²) in [5, 5.41) is 12.0. The fourth-order valence-electron chi connectivity index (χ4n) is 1.47. The van der Waals surface area contributed by atoms with Gasteiger partial charge in [0, 0.05) is 32.1 Å². The van der Waals surface area contributed by atoms with E-state index in [1.54, 1.807) is 37.6 Å². The second-order valence-electron chi connectivity index (χ2n) is 3.81. The highest BCUT2D eigenvalue weighted by atomic mass is 35.5. The normalized spacial score (nSPS) is 9.67. The molecule has 0 aliphatic rings. The Labute approximate surface area is 111 Å². The molecule has 0 radical (unpaired) electrons. The first-order valence-corrected chi connectivity index (χ1v) is 5.11. The number of nitrogens with two attached hydrogens (primary N) is 1. The minimum Gasteiger partial charge on any atom is -0.383 e. The number of nitrogens with zero attached hydrogens (tertiary/aromatic N) is 4. The summed E-state index contributed by atoms with van der Waals surface area (Å²) in [6.45, 7) is 0. The quantitative estimate of drug-likeness (QED) is 0.602. The zero-order chi connectivity index (χ0) is 12.4. The molecule has 2 aromatic rings. The number of pyridine rings is 1. The van der Waals surface area contributed by atoms with Crippen molar-refractivity contribution in [2.75, 3.05) is 19.8 Å². The predicted molar refractivity (Wildman–Crippen MR) is 73.9 cm³/mol. The van der Waals surface area contributed by atoms with Crippen molar-refractivity contribution < 1.29 is 0 Å². The minimum absolute atomic E-state index is 0. The number of aromatic nitrogens is 3. The lowest BCUT2D eigenvalue weighted by Gasteiger charge is -2.14. The van der Waals surface area contributed by atoms with Gasteiger partial charge >= 0.3 is 0 Å². The van der Waals surface area contributed by atoms with Gasteiger partial charge in [0.15, 0.2) is 0 Å². The zero-order valence-corrected chi connectivity index (χ0v) is 11.0. The second kappa shape index (κ2) is 5.50. The molecule has 0 atom stereocenters. The van der Waals surface area contributed by atoms with Crippen molar-refractivity contribution in [3.63, 3.8) is 0 Å². The van der Waals surface area contributed by atoms with E-state index in [0.717, 1.165) is 11.1 Å². The molecule has 2 rings (SSSR count). The lowest BCUT2D eigenvalue weighted by atomic mass is 10.1. The molecule has 2 heterocycles. The summed E-state index contributed by atoms with van der Waals surface area (Å²) in [5.74, 6) is 0.678. The molecule has 0 aliphatic heterocycles. The zero-order valence-electron chi connectivity index (χ0n) is 10.2. The van der Waals surface area contributed by atoms with Crippen LogP contribution in [0.15, 0.2) is 30.7 Å². The molecule has 0 aromatic carbocycles. The standard InChI is InChI=1S/C11H14N6.ClH/c1-16(2)11(13)17-10(12)9(7-15-17)8-3-5-14-6-4-8;/h3-7,13H,12H2,1-2H3;1H. The van der Waals surface area contributed by atoms with E-state index in [9.17, 15) is 0 Å². The Hall–Kier alpha value is -2.08. The molecule has 2 aromatic heterocycles. The summed E-state index contributed by atoms with van der Waals surface area (Å²) in [6, 6.07) is 3.72. The van der Waals surface area contributed by atoms with E-state index in [1.807, 2.05) is 12.1 Å². The Morgan fingerprint density at radius 2 is 1.94 bits per heavy atom. The van der Waals surface area contributed by atoms with Crippen molar-refractivity contribution in [1.29, 1.82) is 5.41 Å². The highest BCUT2D eigenvalue weighted by Crippen LogP contribution is 2.24. The van der Waals surface area contributed by atoms with Gasteiger partial charge in [0.25, 0.3) is 0 Å². The summed E-state index contributed by atoms with van der Waals surface area (Å²) >= 11 is 0. The van der Waals surface area contributed by atoms with Crippen molar-refractivity contribution in [1.82, 2.24) is 19.7 Å². The Morgan fingerprint density at radius 3 is 2.50 bits per heavy atom. The van der Waals surface area contributed by atoms with Crippen LogP contribution in [-0.2, 0) is 0 Å². The molecule has 0 aliphatic carbocycles. The van der Waals surface area contributed by atoms with Crippen LogP contribution in [0, 0.1) is 5.41 Å². The Bertz CT molecular complexity index is 534. The van der Waals surface area contributed by atoms with Crippen molar-refractivity contribution in [2.24, 2.45) is 0 Å². The van der Waals surface area contributed by atoms with Gasteiger partial charge in [-0.3, -0.25) is 10.4 Å². The van der Waals surface area contributed by atoms with Crippen LogP contribution >= 0.6 is 12.4 Å². The van der Waals surface area contributed by atoms with Gasteiger partial charge in [0.05, 0.1) is 6.20 Å². The fraction of sp³-hybridized carbons (Fsp3) is 0.182. The highest BCUT2D eigenvalue weighted by Gasteiger charge is 2.13. The maximum atomic E-state index is 7.84. The van der Waals surface area contributed by atoms with Crippen LogP contribution in [0.3, 0.4) is 0 Å². The van der Waals surface area contributed by atoms with Gasteiger partial charge in [-0.15, -0.1) is 12.4 Å². The molecule has 18 heavy (non-hydrogen) atoms. The maximum absolute atomic E-state index is 7.84. The number of rotatable bonds is 1. The topological polar surface area (TPSA) is 83.8 Å². The van der Waals surface area contributed by atoms with Crippen LogP contribution in [0.25, 0.3) is 11.1 Å². The third-order valence-electron chi connectivity index (χ3n) is 2.42. The van der Waals surface area contributed by atoms with Crippen LogP contribution in [0.2, 0.25) is 0 Å². The van der Waals surface area contributed by atoms with Gasteiger partial charge in [0.1, 0.15) is 5.82 Å². The Kier molecular flexibility index (Phi) is 4.28. The molecule has 7 heteroatoms. The van der Waals surface area contributed by atoms with Crippen molar-refractivity contribution in [2.45, 2.75) is 0 Å². The molecule has 0 amide bonds. The van der Waals surface area contributed by atoms with E-state index >= 15 is 0 Å². The SMILES string of the molecule is CN(C)C(=N)n1ncc(-c2ccncc2)c1N.Cl. The summed E-state index contributed by atoms with van der Waals surface area (Å²) < 4.78 is 1.40. The van der Waals surface area contributed by atoms with Crippen LogP contribution in [-0.4, -0.2) is 39.7 Å². The van der Waals surface area contributed by atoms with E-state index in [2.05, 4.69) is 10.1 Å². The average molecular weight is 267 g/mol. The number of hydrogen-bond acceptors (Lipinski definition) is 4. The molecular weight excluding hydrogens is 252 g/mol. The smallest absolute Gasteiger partial charge is 0.220 e. The predicted octanol–water partition coefficient (Wildman–Crippen LogP) is 1.29. The molecule has 0 saturated heterocycles. The van der Waals surface area contributed by atoms with Crippen LogP contribution < -0.4 is 5.73 Å². The van der Waals surface area contributed by atoms with Gasteiger partial charge in [-0.05, 0) is 17.7 Å². The molecule has 6 nitrogen and oxygen atoms in total. The molecule has 0 unspecified atom stereocenters. The number of hydrogen-bond donors (Lipinski definition) is 2. The van der Waals surface area contributed by atoms with E-state index in [4.69, 9.17) is 11.1 Å². The monoisotopic (exact) mass is 266 g/mol. The average Bonchev–Trinajstić information content (AvgIpc) is 2.71. The van der Waals surface area contributed by atoms with Crippen molar-refractivity contribution in [3.05, 3.63) is 30.7 Å². The van der Waals surface area contributed by atoms with E-state index in [0.29, 0.717) is 5.82 Å². The summed E-state index contributed by atoms with van der Waals surface area (Å²) in [6.07, 6.45) is 5.05. The Balaban J connectivity index is 0.00000162. The van der Waals surface area contributed by atoms with Gasteiger partial charge in [-0.2, -0.15) is 9.78 Å². The maximum Gasteiger partial charge on any atom is 0.220 e. The van der Waals surface area contributed by atoms with Crippen LogP contribution in [0.1, 0.15) is 0 Å². The first-order valence-electron chi connectivity index (χ1n) is 5.11. The van der Waals surface area contributed by atoms with Gasteiger partial charge in [-0.1, -0.05) is 0 Å². The lowest BCUT2D eigenvalue weighted by Crippen LogP contribution is -2.29. The third kappa shape index (κ3) is 2.43. The Morgan fingerprint density at radius 1 is 1.33 bits per heavy atom. The molecule has 3 N–H and O–H groups in total. The molecule has 0 spiro atoms. The number of nitrogen functional groups attached to an aromatic ring is 1.